The fourth-order valence-corrected chi connectivity index (χ4v) is 2.16. The van der Waals surface area contributed by atoms with Crippen LogP contribution in [0.2, 0.25) is 0 Å². The molecule has 0 atom stereocenters. The lowest BCUT2D eigenvalue weighted by molar-refractivity contribution is 0.115. The summed E-state index contributed by atoms with van der Waals surface area (Å²) < 4.78 is 6.62. The second kappa shape index (κ2) is 4.99. The average molecular weight is 270 g/mol. The van der Waals surface area contributed by atoms with E-state index in [1.165, 1.54) is 19.3 Å². The third-order valence-corrected chi connectivity index (χ3v) is 3.07. The molecule has 1 aromatic rings. The van der Waals surface area contributed by atoms with Gasteiger partial charge in [0.25, 0.3) is 0 Å². The molecule has 1 saturated carbocycles. The van der Waals surface area contributed by atoms with Crippen LogP contribution in [-0.4, -0.2) is 6.61 Å². The predicted molar refractivity (Wildman–Crippen MR) is 65.6 cm³/mol. The Hall–Kier alpha value is -0.540. The van der Waals surface area contributed by atoms with Crippen molar-refractivity contribution in [1.82, 2.24) is 0 Å². The SMILES string of the molecule is Nc1cc(Br)cc(COCCC2CC2)c1. The summed E-state index contributed by atoms with van der Waals surface area (Å²) in [6.45, 7) is 1.54. The highest BCUT2D eigenvalue weighted by atomic mass is 79.9. The fourth-order valence-electron chi connectivity index (χ4n) is 1.61. The first kappa shape index (κ1) is 11.0. The quantitative estimate of drug-likeness (QED) is 0.657. The summed E-state index contributed by atoms with van der Waals surface area (Å²) in [6.07, 6.45) is 4.00. The molecule has 0 aliphatic heterocycles. The molecule has 1 fully saturated rings. The molecule has 1 aliphatic carbocycles. The number of halogens is 1. The third-order valence-electron chi connectivity index (χ3n) is 2.62. The Kier molecular flexibility index (Phi) is 3.65. The van der Waals surface area contributed by atoms with Crippen molar-refractivity contribution in [3.8, 4) is 0 Å². The van der Waals surface area contributed by atoms with Crippen LogP contribution in [0, 0.1) is 5.92 Å². The standard InChI is InChI=1S/C12H16BrNO/c13-11-5-10(6-12(14)7-11)8-15-4-3-9-1-2-9/h5-7,9H,1-4,8,14H2. The largest absolute Gasteiger partial charge is 0.399 e. The van der Waals surface area contributed by atoms with Gasteiger partial charge in [-0.3, -0.25) is 0 Å². The summed E-state index contributed by atoms with van der Waals surface area (Å²) in [7, 11) is 0. The number of benzene rings is 1. The number of anilines is 1. The highest BCUT2D eigenvalue weighted by Gasteiger charge is 2.20. The summed E-state index contributed by atoms with van der Waals surface area (Å²) in [5.74, 6) is 0.942. The fraction of sp³-hybridized carbons (Fsp3) is 0.500. The molecule has 3 heteroatoms. The van der Waals surface area contributed by atoms with Crippen LogP contribution in [-0.2, 0) is 11.3 Å². The normalized spacial score (nSPS) is 15.5. The summed E-state index contributed by atoms with van der Waals surface area (Å²) in [5.41, 5.74) is 7.66. The van der Waals surface area contributed by atoms with Crippen LogP contribution in [0.5, 0.6) is 0 Å². The smallest absolute Gasteiger partial charge is 0.0718 e. The molecule has 1 aliphatic rings. The molecule has 0 amide bonds. The number of nitrogens with two attached hydrogens (primary N) is 1. The first-order valence-corrected chi connectivity index (χ1v) is 6.16. The van der Waals surface area contributed by atoms with E-state index >= 15 is 0 Å². The lowest BCUT2D eigenvalue weighted by Crippen LogP contribution is -1.97. The van der Waals surface area contributed by atoms with Crippen LogP contribution < -0.4 is 5.73 Å². The Balaban J connectivity index is 1.76. The molecule has 0 heterocycles. The number of nitrogen functional groups attached to an aromatic ring is 1. The van der Waals surface area contributed by atoms with Gasteiger partial charge in [-0.2, -0.15) is 0 Å². The first-order chi connectivity index (χ1) is 7.24. The van der Waals surface area contributed by atoms with Crippen molar-refractivity contribution in [1.29, 1.82) is 0 Å². The maximum Gasteiger partial charge on any atom is 0.0718 e. The van der Waals surface area contributed by atoms with Gasteiger partial charge in [0.2, 0.25) is 0 Å². The van der Waals surface area contributed by atoms with Crippen LogP contribution in [0.4, 0.5) is 5.69 Å². The summed E-state index contributed by atoms with van der Waals surface area (Å²) in [5, 5.41) is 0. The molecule has 1 aromatic carbocycles. The highest BCUT2D eigenvalue weighted by molar-refractivity contribution is 9.10. The van der Waals surface area contributed by atoms with Gasteiger partial charge in [-0.25, -0.2) is 0 Å². The number of hydrogen-bond donors (Lipinski definition) is 1. The second-order valence-corrected chi connectivity index (χ2v) is 5.09. The van der Waals surface area contributed by atoms with Gasteiger partial charge >= 0.3 is 0 Å². The highest BCUT2D eigenvalue weighted by Crippen LogP contribution is 2.32. The molecule has 0 spiro atoms. The van der Waals surface area contributed by atoms with E-state index in [-0.39, 0.29) is 0 Å². The van der Waals surface area contributed by atoms with E-state index in [0.29, 0.717) is 6.61 Å². The van der Waals surface area contributed by atoms with Crippen molar-refractivity contribution in [3.05, 3.63) is 28.2 Å². The van der Waals surface area contributed by atoms with Crippen LogP contribution in [0.3, 0.4) is 0 Å². The van der Waals surface area contributed by atoms with Crippen molar-refractivity contribution in [2.24, 2.45) is 5.92 Å². The number of ether oxygens (including phenoxy) is 1. The van der Waals surface area contributed by atoms with Crippen LogP contribution >= 0.6 is 15.9 Å². The van der Waals surface area contributed by atoms with E-state index in [1.807, 2.05) is 18.2 Å². The Morgan fingerprint density at radius 3 is 2.80 bits per heavy atom. The molecule has 0 bridgehead atoms. The molecule has 0 radical (unpaired) electrons. The first-order valence-electron chi connectivity index (χ1n) is 5.37. The minimum atomic E-state index is 0.663. The van der Waals surface area contributed by atoms with Gasteiger partial charge in [-0.1, -0.05) is 28.8 Å². The zero-order valence-electron chi connectivity index (χ0n) is 8.71. The van der Waals surface area contributed by atoms with Crippen LogP contribution in [0.15, 0.2) is 22.7 Å². The van der Waals surface area contributed by atoms with Gasteiger partial charge in [0.15, 0.2) is 0 Å². The zero-order chi connectivity index (χ0) is 10.7. The lowest BCUT2D eigenvalue weighted by atomic mass is 10.2. The summed E-state index contributed by atoms with van der Waals surface area (Å²) >= 11 is 3.42. The Bertz CT molecular complexity index is 316. The molecule has 2 N–H and O–H groups in total. The topological polar surface area (TPSA) is 35.2 Å². The van der Waals surface area contributed by atoms with E-state index in [0.717, 1.165) is 28.2 Å². The van der Waals surface area contributed by atoms with Crippen molar-refractivity contribution in [2.75, 3.05) is 12.3 Å². The van der Waals surface area contributed by atoms with E-state index in [1.54, 1.807) is 0 Å². The van der Waals surface area contributed by atoms with Gasteiger partial charge in [0, 0.05) is 16.8 Å². The molecule has 15 heavy (non-hydrogen) atoms. The molecule has 2 nitrogen and oxygen atoms in total. The number of rotatable bonds is 5. The number of hydrogen-bond acceptors (Lipinski definition) is 2. The molecule has 0 unspecified atom stereocenters. The Morgan fingerprint density at radius 2 is 2.13 bits per heavy atom. The van der Waals surface area contributed by atoms with Crippen molar-refractivity contribution in [3.63, 3.8) is 0 Å². The van der Waals surface area contributed by atoms with Gasteiger partial charge < -0.3 is 10.5 Å². The molecule has 0 aromatic heterocycles. The molecular weight excluding hydrogens is 254 g/mol. The van der Waals surface area contributed by atoms with Gasteiger partial charge in [-0.15, -0.1) is 0 Å². The second-order valence-electron chi connectivity index (χ2n) is 4.18. The van der Waals surface area contributed by atoms with Crippen molar-refractivity contribution >= 4 is 21.6 Å². The Morgan fingerprint density at radius 1 is 1.33 bits per heavy atom. The maximum atomic E-state index is 5.74. The van der Waals surface area contributed by atoms with Crippen LogP contribution in [0.1, 0.15) is 24.8 Å². The molecule has 0 saturated heterocycles. The van der Waals surface area contributed by atoms with E-state index in [9.17, 15) is 0 Å². The van der Waals surface area contributed by atoms with Gasteiger partial charge in [-0.05, 0) is 36.1 Å². The van der Waals surface area contributed by atoms with Crippen molar-refractivity contribution in [2.45, 2.75) is 25.9 Å². The zero-order valence-corrected chi connectivity index (χ0v) is 10.3. The third kappa shape index (κ3) is 3.84. The maximum absolute atomic E-state index is 5.74. The summed E-state index contributed by atoms with van der Waals surface area (Å²) in [4.78, 5) is 0. The predicted octanol–water partition coefficient (Wildman–Crippen LogP) is 3.35. The van der Waals surface area contributed by atoms with Gasteiger partial charge in [0.05, 0.1) is 6.61 Å². The average Bonchev–Trinajstić information content (AvgIpc) is 2.94. The van der Waals surface area contributed by atoms with Crippen LogP contribution in [0.25, 0.3) is 0 Å². The van der Waals surface area contributed by atoms with Gasteiger partial charge in [0.1, 0.15) is 0 Å². The monoisotopic (exact) mass is 269 g/mol. The minimum absolute atomic E-state index is 0.663. The van der Waals surface area contributed by atoms with E-state index in [4.69, 9.17) is 10.5 Å². The van der Waals surface area contributed by atoms with E-state index < -0.39 is 0 Å². The minimum Gasteiger partial charge on any atom is -0.399 e. The Labute approximate surface area is 98.9 Å². The summed E-state index contributed by atoms with van der Waals surface area (Å²) in [6, 6.07) is 5.91. The molecule has 2 rings (SSSR count). The van der Waals surface area contributed by atoms with Crippen molar-refractivity contribution < 1.29 is 4.74 Å². The lowest BCUT2D eigenvalue weighted by Gasteiger charge is -2.05. The van der Waals surface area contributed by atoms with E-state index in [2.05, 4.69) is 15.9 Å². The molecular formula is C12H16BrNO. The molecule has 82 valence electrons.